The monoisotopic (exact) mass is 426 g/mol. The molecular weight excluding hydrogens is 407 g/mol. The Labute approximate surface area is 183 Å². The van der Waals surface area contributed by atoms with Crippen LogP contribution in [0.15, 0.2) is 98.0 Å². The topological polar surface area (TPSA) is 69.7 Å². The first-order valence-corrected chi connectivity index (χ1v) is 10.0. The van der Waals surface area contributed by atoms with Crippen molar-refractivity contribution < 1.29 is 9.18 Å². The van der Waals surface area contributed by atoms with E-state index in [1.807, 2.05) is 59.6 Å². The number of aromatic nitrogens is 5. The number of halogens is 1. The fourth-order valence-electron chi connectivity index (χ4n) is 3.53. The molecule has 0 aliphatic rings. The highest BCUT2D eigenvalue weighted by atomic mass is 19.1. The highest BCUT2D eigenvalue weighted by molar-refractivity contribution is 6.06. The van der Waals surface area contributed by atoms with E-state index < -0.39 is 0 Å². The summed E-state index contributed by atoms with van der Waals surface area (Å²) in [7, 11) is 0. The van der Waals surface area contributed by atoms with Crippen molar-refractivity contribution in [1.29, 1.82) is 0 Å². The van der Waals surface area contributed by atoms with Crippen molar-refractivity contribution in [2.24, 2.45) is 0 Å². The molecule has 0 fully saturated rings. The first-order chi connectivity index (χ1) is 15.7. The van der Waals surface area contributed by atoms with Gasteiger partial charge in [0.2, 0.25) is 0 Å². The molecule has 0 unspecified atom stereocenters. The molecule has 7 nitrogen and oxygen atoms in total. The van der Waals surface area contributed by atoms with Crippen LogP contribution in [-0.2, 0) is 6.54 Å². The van der Waals surface area contributed by atoms with Gasteiger partial charge in [0.25, 0.3) is 5.91 Å². The van der Waals surface area contributed by atoms with Crippen LogP contribution in [0.5, 0.6) is 0 Å². The summed E-state index contributed by atoms with van der Waals surface area (Å²) >= 11 is 0. The molecule has 1 amide bonds. The largest absolute Gasteiger partial charge is 0.333 e. The van der Waals surface area contributed by atoms with Crippen molar-refractivity contribution in [3.8, 4) is 11.5 Å². The van der Waals surface area contributed by atoms with Gasteiger partial charge in [-0.3, -0.25) is 4.79 Å². The van der Waals surface area contributed by atoms with E-state index in [0.29, 0.717) is 29.3 Å². The summed E-state index contributed by atoms with van der Waals surface area (Å²) in [6.07, 6.45) is 10.5. The van der Waals surface area contributed by atoms with Crippen molar-refractivity contribution in [1.82, 2.24) is 23.9 Å². The summed E-state index contributed by atoms with van der Waals surface area (Å²) in [5.41, 5.74) is 2.76. The van der Waals surface area contributed by atoms with E-state index >= 15 is 0 Å². The molecule has 3 heterocycles. The Balaban J connectivity index is 1.46. The molecule has 0 bridgehead atoms. The number of carbonyl (C=O) groups is 1. The first kappa shape index (κ1) is 19.5. The quantitative estimate of drug-likeness (QED) is 0.440. The van der Waals surface area contributed by atoms with Gasteiger partial charge < -0.3 is 14.5 Å². The zero-order chi connectivity index (χ0) is 21.9. The number of hydrogen-bond donors (Lipinski definition) is 1. The Morgan fingerprint density at radius 2 is 1.81 bits per heavy atom. The molecule has 0 atom stereocenters. The van der Waals surface area contributed by atoms with E-state index in [2.05, 4.69) is 15.4 Å². The number of hydrogen-bond acceptors (Lipinski definition) is 3. The normalized spacial score (nSPS) is 10.9. The lowest BCUT2D eigenvalue weighted by atomic mass is 10.2. The van der Waals surface area contributed by atoms with Gasteiger partial charge in [0.1, 0.15) is 11.4 Å². The van der Waals surface area contributed by atoms with Crippen molar-refractivity contribution in [3.05, 3.63) is 115 Å². The van der Waals surface area contributed by atoms with E-state index in [-0.39, 0.29) is 11.7 Å². The zero-order valence-electron chi connectivity index (χ0n) is 17.0. The fourth-order valence-corrected chi connectivity index (χ4v) is 3.53. The van der Waals surface area contributed by atoms with Gasteiger partial charge in [-0.05, 0) is 54.1 Å². The van der Waals surface area contributed by atoms with Gasteiger partial charge in [0.15, 0.2) is 5.82 Å². The number of amides is 1. The SMILES string of the molecule is O=C(Nc1cccc(Cn2ccnc2)c1)c1cnn(-c2ccc(F)cc2)c1-n1cccc1. The van der Waals surface area contributed by atoms with Crippen LogP contribution < -0.4 is 5.32 Å². The third-order valence-corrected chi connectivity index (χ3v) is 5.02. The summed E-state index contributed by atoms with van der Waals surface area (Å²) in [4.78, 5) is 17.3. The minimum atomic E-state index is -0.336. The fraction of sp³-hybridized carbons (Fsp3) is 0.0417. The number of nitrogens with one attached hydrogen (secondary N) is 1. The minimum Gasteiger partial charge on any atom is -0.333 e. The molecule has 1 N–H and O–H groups in total. The summed E-state index contributed by atoms with van der Waals surface area (Å²) < 4.78 is 18.8. The van der Waals surface area contributed by atoms with Gasteiger partial charge >= 0.3 is 0 Å². The van der Waals surface area contributed by atoms with Crippen LogP contribution in [0.25, 0.3) is 11.5 Å². The minimum absolute atomic E-state index is 0.290. The molecule has 2 aromatic carbocycles. The van der Waals surface area contributed by atoms with Gasteiger partial charge in [0, 0.05) is 37.0 Å². The van der Waals surface area contributed by atoms with Crippen molar-refractivity contribution in [3.63, 3.8) is 0 Å². The van der Waals surface area contributed by atoms with E-state index in [0.717, 1.165) is 5.56 Å². The lowest BCUT2D eigenvalue weighted by Gasteiger charge is -2.12. The molecule has 32 heavy (non-hydrogen) atoms. The lowest BCUT2D eigenvalue weighted by molar-refractivity contribution is 0.102. The molecule has 0 saturated carbocycles. The number of benzene rings is 2. The summed E-state index contributed by atoms with van der Waals surface area (Å²) in [6.45, 7) is 0.654. The smallest absolute Gasteiger partial charge is 0.261 e. The number of anilines is 1. The molecule has 5 aromatic rings. The lowest BCUT2D eigenvalue weighted by Crippen LogP contribution is -2.15. The van der Waals surface area contributed by atoms with Crippen LogP contribution in [0.2, 0.25) is 0 Å². The predicted octanol–water partition coefficient (Wildman–Crippen LogP) is 4.30. The average Bonchev–Trinajstić information content (AvgIpc) is 3.56. The van der Waals surface area contributed by atoms with Gasteiger partial charge in [-0.1, -0.05) is 12.1 Å². The highest BCUT2D eigenvalue weighted by Gasteiger charge is 2.20. The van der Waals surface area contributed by atoms with Crippen LogP contribution in [-0.4, -0.2) is 29.8 Å². The molecular formula is C24H19FN6O. The zero-order valence-corrected chi connectivity index (χ0v) is 17.0. The Morgan fingerprint density at radius 1 is 1.00 bits per heavy atom. The maximum atomic E-state index is 13.4. The number of rotatable bonds is 6. The van der Waals surface area contributed by atoms with Gasteiger partial charge in [0.05, 0.1) is 18.2 Å². The van der Waals surface area contributed by atoms with Gasteiger partial charge in [-0.15, -0.1) is 0 Å². The maximum absolute atomic E-state index is 13.4. The second kappa shape index (κ2) is 8.35. The molecule has 158 valence electrons. The second-order valence-corrected chi connectivity index (χ2v) is 7.25. The first-order valence-electron chi connectivity index (χ1n) is 10.0. The third-order valence-electron chi connectivity index (χ3n) is 5.02. The number of carbonyl (C=O) groups excluding carboxylic acids is 1. The summed E-state index contributed by atoms with van der Waals surface area (Å²) in [5.74, 6) is -0.0625. The molecule has 0 spiro atoms. The van der Waals surface area contributed by atoms with Gasteiger partial charge in [-0.25, -0.2) is 14.1 Å². The summed E-state index contributed by atoms with van der Waals surface area (Å²) in [5, 5.41) is 7.37. The maximum Gasteiger partial charge on any atom is 0.261 e. The Bertz CT molecular complexity index is 1340. The van der Waals surface area contributed by atoms with Crippen LogP contribution in [0.3, 0.4) is 0 Å². The second-order valence-electron chi connectivity index (χ2n) is 7.25. The average molecular weight is 426 g/mol. The third kappa shape index (κ3) is 3.93. The Hall–Kier alpha value is -4.46. The molecule has 0 radical (unpaired) electrons. The van der Waals surface area contributed by atoms with Gasteiger partial charge in [-0.2, -0.15) is 5.10 Å². The van der Waals surface area contributed by atoms with Crippen LogP contribution in [0, 0.1) is 5.82 Å². The predicted molar refractivity (Wildman–Crippen MR) is 119 cm³/mol. The molecule has 5 rings (SSSR count). The van der Waals surface area contributed by atoms with Crippen LogP contribution in [0.4, 0.5) is 10.1 Å². The number of imidazole rings is 1. The number of nitrogens with zero attached hydrogens (tertiary/aromatic N) is 5. The van der Waals surface area contributed by atoms with Crippen molar-refractivity contribution >= 4 is 11.6 Å². The van der Waals surface area contributed by atoms with E-state index in [9.17, 15) is 9.18 Å². The molecule has 8 heteroatoms. The Kier molecular flexibility index (Phi) is 5.09. The standard InChI is InChI=1S/C24H19FN6O/c25-19-6-8-21(9-7-19)31-24(30-11-1-2-12-30)22(15-27-31)23(32)28-20-5-3-4-18(14-20)16-29-13-10-26-17-29/h1-15,17H,16H2,(H,28,32). The van der Waals surface area contributed by atoms with E-state index in [4.69, 9.17) is 0 Å². The van der Waals surface area contributed by atoms with E-state index in [1.165, 1.54) is 18.3 Å². The molecule has 0 aliphatic carbocycles. The van der Waals surface area contributed by atoms with Crippen molar-refractivity contribution in [2.45, 2.75) is 6.54 Å². The van der Waals surface area contributed by atoms with Crippen LogP contribution in [0.1, 0.15) is 15.9 Å². The molecule has 3 aromatic heterocycles. The van der Waals surface area contributed by atoms with E-state index in [1.54, 1.807) is 33.9 Å². The molecule has 0 aliphatic heterocycles. The summed E-state index contributed by atoms with van der Waals surface area (Å²) in [6, 6.07) is 17.4. The van der Waals surface area contributed by atoms with Crippen molar-refractivity contribution in [2.75, 3.05) is 5.32 Å². The molecule has 0 saturated heterocycles. The highest BCUT2D eigenvalue weighted by Crippen LogP contribution is 2.22. The Morgan fingerprint density at radius 3 is 2.56 bits per heavy atom. The van der Waals surface area contributed by atoms with Crippen LogP contribution >= 0.6 is 0 Å².